The molecule has 2 saturated heterocycles. The number of carbonyl (C=O) groups is 15. The van der Waals surface area contributed by atoms with Crippen LogP contribution in [-0.2, 0) is 124 Å². The van der Waals surface area contributed by atoms with Gasteiger partial charge < -0.3 is 109 Å². The average molecular weight is 2020 g/mol. The predicted octanol–water partition coefficient (Wildman–Crippen LogP) is 4.26. The van der Waals surface area contributed by atoms with Crippen molar-refractivity contribution < 1.29 is 104 Å². The molecule has 0 spiro atoms. The minimum absolute atomic E-state index is 0.0142. The standard InChI is InChI=1S/C95H124BrClN18O22S/c1-7-59(5)81(90(126)111-75(56-134-52-63-25-12-9-13-26-63)92(128)115-48-22-34-77(115)88(124)109-72(43-44-78(98)116)83(119)104-50-79(117)106-73(82(100)118)49-61-37-39-66(40-38-61)137-95(130)136-53-64-27-14-16-29-68(64)96)112-85(121)70(31-18-19-45-103-94(129)135-54-65-28-15-17-30-69(65)97)107-86(122)74(55-133-51-62-23-10-8-11-24-62)110-84(120)71(32-20-46-102-93(101)113-138(131,132)67-41-35-58(4)36-42-67)108-87(123)76-33-21-47-114(76)91(127)60(6)105-89(125)80(99)57(2)3/h8-17,23-30,35-42,57,59-60,70-77,80-81H,7,18-22,31-34,43-56,99H2,1-6H3,(H2,98,116)(H2,100,118)(H,103,129)(H,104,119)(H,105,125)(H,106,117)(H,107,122)(H,108,123)(H,109,124)(H,110,120)(H,111,126)(H,112,121)(H3,101,102,113)/t59-,60-,70-,71-,72-,73-,74-,75-,76-,77-,80-,81-/m0/s1. The SMILES string of the molecule is CC[C@H](C)[C@H](NC(=O)[C@H](CCCCNC(=O)OCc1ccccc1Cl)NC(=O)[C@H](COCc1ccccc1)NC(=O)[C@H](CCCNC(=N)NS(=O)(=O)c1ccc(C)cc1)NC(=O)[C@@H]1CCCN1C(=O)[C@H](C)NC(=O)[C@@H](N)C(C)C)C(=O)N[C@@H](COCc1ccccc1)C(=O)N1CCC[C@H]1C(=O)N[C@@H](CCC(N)=O)C(=O)NCC(=O)N[C@@H](Cc1ccc(OC(=O)OCc2ccccc2Br)cc1)C(N)=O. The Labute approximate surface area is 814 Å². The molecule has 14 amide bonds. The highest BCUT2D eigenvalue weighted by Crippen LogP contribution is 2.25. The number of likely N-dealkylation sites (tertiary alicyclic amines) is 2. The number of halogens is 2. The van der Waals surface area contributed by atoms with E-state index in [9.17, 15) is 56.4 Å². The Morgan fingerprint density at radius 2 is 1.05 bits per heavy atom. The molecule has 12 atom stereocenters. The average Bonchev–Trinajstić information content (AvgIpc) is 1.64. The van der Waals surface area contributed by atoms with E-state index in [0.717, 1.165) is 10.0 Å². The van der Waals surface area contributed by atoms with Gasteiger partial charge in [-0.2, -0.15) is 0 Å². The normalized spacial score (nSPS) is 15.6. The molecule has 0 radical (unpaired) electrons. The van der Waals surface area contributed by atoms with Gasteiger partial charge in [-0.25, -0.2) is 22.7 Å². The fourth-order valence-electron chi connectivity index (χ4n) is 14.7. The third-order valence-electron chi connectivity index (χ3n) is 22.9. The molecule has 0 unspecified atom stereocenters. The van der Waals surface area contributed by atoms with Crippen LogP contribution in [0.1, 0.15) is 145 Å². The van der Waals surface area contributed by atoms with Crippen LogP contribution in [-0.4, -0.2) is 226 Å². The van der Waals surface area contributed by atoms with Crippen LogP contribution in [0, 0.1) is 24.2 Å². The third kappa shape index (κ3) is 36.1. The smallest absolute Gasteiger partial charge is 0.445 e. The lowest BCUT2D eigenvalue weighted by Crippen LogP contribution is -2.62. The van der Waals surface area contributed by atoms with Crippen molar-refractivity contribution in [1.29, 1.82) is 5.41 Å². The summed E-state index contributed by atoms with van der Waals surface area (Å²) in [6.45, 7) is 7.48. The Kier molecular flexibility index (Phi) is 44.6. The highest BCUT2D eigenvalue weighted by Gasteiger charge is 2.43. The number of nitrogens with one attached hydrogen (secondary N) is 13. The van der Waals surface area contributed by atoms with E-state index < -0.39 is 210 Å². The number of rotatable bonds is 53. The summed E-state index contributed by atoms with van der Waals surface area (Å²) in [5.41, 5.74) is 21.1. The fourth-order valence-corrected chi connectivity index (χ4v) is 16.3. The zero-order chi connectivity index (χ0) is 101. The second-order valence-corrected chi connectivity index (χ2v) is 36.8. The summed E-state index contributed by atoms with van der Waals surface area (Å²) in [4.78, 5) is 214. The maximum Gasteiger partial charge on any atom is 0.514 e. The van der Waals surface area contributed by atoms with E-state index in [-0.39, 0.29) is 133 Å². The first-order chi connectivity index (χ1) is 65.9. The first kappa shape index (κ1) is 110. The molecule has 2 aliphatic heterocycles. The van der Waals surface area contributed by atoms with E-state index >= 15 is 24.0 Å². The molecule has 0 aliphatic carbocycles. The van der Waals surface area contributed by atoms with Gasteiger partial charge in [-0.15, -0.1) is 0 Å². The Balaban J connectivity index is 1.02. The van der Waals surface area contributed by atoms with E-state index in [2.05, 4.69) is 79.1 Å². The summed E-state index contributed by atoms with van der Waals surface area (Å²) in [6, 6.07) is 27.6. The molecule has 746 valence electrons. The van der Waals surface area contributed by atoms with Gasteiger partial charge in [0.15, 0.2) is 0 Å². The van der Waals surface area contributed by atoms with E-state index in [0.29, 0.717) is 39.3 Å². The Morgan fingerprint density at radius 3 is 1.64 bits per heavy atom. The number of nitrogens with zero attached hydrogens (tertiary/aromatic N) is 2. The monoisotopic (exact) mass is 2010 g/mol. The Bertz CT molecular complexity index is 5290. The number of amides is 14. The molecule has 43 heteroatoms. The molecule has 6 aromatic rings. The molecule has 2 heterocycles. The Morgan fingerprint density at radius 1 is 0.522 bits per heavy atom. The molecule has 6 aromatic carbocycles. The largest absolute Gasteiger partial charge is 0.514 e. The number of primary amides is 2. The van der Waals surface area contributed by atoms with Crippen LogP contribution in [0.2, 0.25) is 5.02 Å². The zero-order valence-corrected chi connectivity index (χ0v) is 80.9. The summed E-state index contributed by atoms with van der Waals surface area (Å²) < 4.78 is 57.7. The highest BCUT2D eigenvalue weighted by atomic mass is 79.9. The van der Waals surface area contributed by atoms with Gasteiger partial charge in [0.2, 0.25) is 82.8 Å². The van der Waals surface area contributed by atoms with Crippen molar-refractivity contribution in [2.75, 3.05) is 45.9 Å². The van der Waals surface area contributed by atoms with E-state index in [1.807, 2.05) is 0 Å². The van der Waals surface area contributed by atoms with Gasteiger partial charge in [-0.3, -0.25) is 67.7 Å². The summed E-state index contributed by atoms with van der Waals surface area (Å²) in [5, 5.41) is 38.0. The molecular weight excluding hydrogens is 1890 g/mol. The second-order valence-electron chi connectivity index (χ2n) is 33.8. The molecule has 138 heavy (non-hydrogen) atoms. The van der Waals surface area contributed by atoms with Crippen LogP contribution >= 0.6 is 27.5 Å². The number of ether oxygens (including phenoxy) is 5. The fraction of sp³-hybridized carbons (Fsp3) is 0.453. The van der Waals surface area contributed by atoms with Gasteiger partial charge in [0.05, 0.1) is 43.9 Å². The van der Waals surface area contributed by atoms with Gasteiger partial charge in [0.1, 0.15) is 79.4 Å². The first-order valence-corrected chi connectivity index (χ1v) is 48.1. The van der Waals surface area contributed by atoms with Gasteiger partial charge >= 0.3 is 12.2 Å². The number of sulfonamides is 1. The summed E-state index contributed by atoms with van der Waals surface area (Å²) in [7, 11) is -4.25. The molecule has 0 aromatic heterocycles. The van der Waals surface area contributed by atoms with E-state index in [4.69, 9.17) is 57.9 Å². The van der Waals surface area contributed by atoms with Crippen molar-refractivity contribution in [1.82, 2.24) is 73.0 Å². The quantitative estimate of drug-likeness (QED) is 0.00834. The number of hydrogen-bond donors (Lipinski definition) is 16. The molecule has 0 bridgehead atoms. The van der Waals surface area contributed by atoms with Crippen LogP contribution in [0.4, 0.5) is 9.59 Å². The minimum atomic E-state index is -4.25. The minimum Gasteiger partial charge on any atom is -0.445 e. The molecule has 8 rings (SSSR count). The van der Waals surface area contributed by atoms with Crippen LogP contribution in [0.3, 0.4) is 0 Å². The number of benzene rings is 6. The van der Waals surface area contributed by atoms with Crippen molar-refractivity contribution in [3.05, 3.63) is 201 Å². The zero-order valence-electron chi connectivity index (χ0n) is 77.8. The number of hydrogen-bond acceptors (Lipinski definition) is 24. The first-order valence-electron chi connectivity index (χ1n) is 45.5. The molecule has 2 fully saturated rings. The van der Waals surface area contributed by atoms with Crippen LogP contribution in [0.15, 0.2) is 167 Å². The number of nitrogens with two attached hydrogens (primary N) is 3. The Hall–Kier alpha value is -13.2. The molecular formula is C95H124BrClN18O22S. The topological polar surface area (TPSA) is 589 Å². The molecule has 2 aliphatic rings. The second kappa shape index (κ2) is 55.9. The summed E-state index contributed by atoms with van der Waals surface area (Å²) >= 11 is 9.71. The van der Waals surface area contributed by atoms with Crippen LogP contribution in [0.25, 0.3) is 0 Å². The van der Waals surface area contributed by atoms with Crippen molar-refractivity contribution in [2.24, 2.45) is 29.0 Å². The number of guanidine groups is 1. The van der Waals surface area contributed by atoms with Gasteiger partial charge in [0.25, 0.3) is 10.0 Å². The number of aryl methyl sites for hydroxylation is 1. The van der Waals surface area contributed by atoms with Gasteiger partial charge in [-0.1, -0.05) is 189 Å². The number of alkyl carbamates (subject to hydrolysis) is 1. The van der Waals surface area contributed by atoms with E-state index in [1.165, 1.54) is 53.1 Å². The van der Waals surface area contributed by atoms with Crippen molar-refractivity contribution in [3.8, 4) is 5.75 Å². The third-order valence-corrected chi connectivity index (χ3v) is 25.4. The van der Waals surface area contributed by atoms with Crippen LogP contribution in [0.5, 0.6) is 5.75 Å². The lowest BCUT2D eigenvalue weighted by Gasteiger charge is -2.32. The van der Waals surface area contributed by atoms with E-state index in [1.54, 1.807) is 156 Å². The maximum atomic E-state index is 15.5. The van der Waals surface area contributed by atoms with Crippen molar-refractivity contribution in [2.45, 2.75) is 223 Å². The lowest BCUT2D eigenvalue weighted by molar-refractivity contribution is -0.144. The molecule has 0 saturated carbocycles. The van der Waals surface area contributed by atoms with Crippen LogP contribution < -0.4 is 85.1 Å². The van der Waals surface area contributed by atoms with Gasteiger partial charge in [-0.05, 0) is 143 Å². The van der Waals surface area contributed by atoms with Crippen molar-refractivity contribution in [3.63, 3.8) is 0 Å². The molecule has 19 N–H and O–H groups in total. The number of carbonyl (C=O) groups excluding carboxylic acids is 15. The van der Waals surface area contributed by atoms with Crippen molar-refractivity contribution >= 4 is 133 Å². The predicted molar refractivity (Wildman–Crippen MR) is 511 cm³/mol. The lowest BCUT2D eigenvalue weighted by atomic mass is 9.97. The summed E-state index contributed by atoms with van der Waals surface area (Å²) in [6.07, 6.45) is -2.23. The highest BCUT2D eigenvalue weighted by molar-refractivity contribution is 9.10. The van der Waals surface area contributed by atoms with Gasteiger partial charge in [0, 0.05) is 59.6 Å². The molecule has 40 nitrogen and oxygen atoms in total. The summed E-state index contributed by atoms with van der Waals surface area (Å²) in [5.74, 6) is -12.9. The maximum absolute atomic E-state index is 15.5. The number of unbranched alkanes of at least 4 members (excludes halogenated alkanes) is 1.